The zero-order chi connectivity index (χ0) is 12.5. The van der Waals surface area contributed by atoms with Crippen LogP contribution in [-0.4, -0.2) is 14.8 Å². The highest BCUT2D eigenvalue weighted by atomic mass is 79.9. The quantitative estimate of drug-likeness (QED) is 0.778. The number of fused-ring (bicyclic) bond motifs is 1. The lowest BCUT2D eigenvalue weighted by Crippen LogP contribution is -2.24. The van der Waals surface area contributed by atoms with Gasteiger partial charge in [-0.3, -0.25) is 0 Å². The van der Waals surface area contributed by atoms with E-state index in [1.54, 1.807) is 6.33 Å². The molecule has 0 aromatic carbocycles. The largest absolute Gasteiger partial charge is 0.241 e. The molecule has 0 amide bonds. The zero-order valence-electron chi connectivity index (χ0n) is 11.0. The van der Waals surface area contributed by atoms with E-state index in [1.807, 2.05) is 0 Å². The second kappa shape index (κ2) is 5.05. The molecule has 2 rings (SSSR count). The summed E-state index contributed by atoms with van der Waals surface area (Å²) in [5, 5.41) is 0. The fourth-order valence-electron chi connectivity index (χ4n) is 2.24. The van der Waals surface area contributed by atoms with Crippen LogP contribution in [0.15, 0.2) is 6.33 Å². The molecule has 17 heavy (non-hydrogen) atoms. The first-order valence-electron chi connectivity index (χ1n) is 6.44. The van der Waals surface area contributed by atoms with Gasteiger partial charge in [-0.1, -0.05) is 36.7 Å². The van der Waals surface area contributed by atoms with Gasteiger partial charge >= 0.3 is 0 Å². The summed E-state index contributed by atoms with van der Waals surface area (Å²) in [6.45, 7) is 6.79. The molecule has 0 radical (unpaired) electrons. The first kappa shape index (κ1) is 13.0. The number of aryl methyl sites for hydroxylation is 1. The Bertz CT molecular complexity index is 396. The van der Waals surface area contributed by atoms with Crippen LogP contribution in [0.25, 0.3) is 0 Å². The second-order valence-corrected chi connectivity index (χ2v) is 7.10. The summed E-state index contributed by atoms with van der Waals surface area (Å²) < 4.78 is 0. The fraction of sp³-hybridized carbons (Fsp3) is 0.714. The number of rotatable bonds is 2. The first-order valence-corrected chi connectivity index (χ1v) is 7.36. The second-order valence-electron chi connectivity index (χ2n) is 5.99. The van der Waals surface area contributed by atoms with Crippen molar-refractivity contribution in [3.8, 4) is 0 Å². The molecular formula is C14H21BrN2. The third-order valence-corrected chi connectivity index (χ3v) is 5.22. The third-order valence-electron chi connectivity index (χ3n) is 3.53. The predicted octanol–water partition coefficient (Wildman–Crippen LogP) is 3.71. The average Bonchev–Trinajstić information content (AvgIpc) is 2.28. The summed E-state index contributed by atoms with van der Waals surface area (Å²) in [5.74, 6) is 0. The van der Waals surface area contributed by atoms with Crippen LogP contribution < -0.4 is 0 Å². The number of hydrogen-bond acceptors (Lipinski definition) is 2. The first-order chi connectivity index (χ1) is 7.98. The molecule has 0 aliphatic heterocycles. The van der Waals surface area contributed by atoms with E-state index in [4.69, 9.17) is 0 Å². The molecule has 0 saturated heterocycles. The molecule has 1 unspecified atom stereocenters. The maximum absolute atomic E-state index is 4.50. The smallest absolute Gasteiger partial charge is 0.115 e. The minimum Gasteiger partial charge on any atom is -0.241 e. The van der Waals surface area contributed by atoms with Gasteiger partial charge < -0.3 is 0 Å². The number of halogens is 1. The molecule has 1 aromatic rings. The molecule has 1 atom stereocenters. The van der Waals surface area contributed by atoms with E-state index < -0.39 is 0 Å². The van der Waals surface area contributed by atoms with Crippen molar-refractivity contribution in [3.63, 3.8) is 0 Å². The molecule has 0 spiro atoms. The van der Waals surface area contributed by atoms with E-state index in [0.29, 0.717) is 4.83 Å². The van der Waals surface area contributed by atoms with Crippen LogP contribution in [0.1, 0.15) is 50.6 Å². The monoisotopic (exact) mass is 296 g/mol. The molecule has 1 heterocycles. The minimum absolute atomic E-state index is 0.270. The van der Waals surface area contributed by atoms with Crippen LogP contribution in [0.4, 0.5) is 0 Å². The lowest BCUT2D eigenvalue weighted by Gasteiger charge is -2.26. The van der Waals surface area contributed by atoms with Crippen molar-refractivity contribution in [2.75, 3.05) is 0 Å². The number of aromatic nitrogens is 2. The summed E-state index contributed by atoms with van der Waals surface area (Å²) in [6, 6.07) is 0. The number of hydrogen-bond donors (Lipinski definition) is 0. The van der Waals surface area contributed by atoms with E-state index >= 15 is 0 Å². The Kier molecular flexibility index (Phi) is 3.86. The van der Waals surface area contributed by atoms with Gasteiger partial charge in [-0.2, -0.15) is 0 Å². The van der Waals surface area contributed by atoms with E-state index in [2.05, 4.69) is 46.7 Å². The van der Waals surface area contributed by atoms with Gasteiger partial charge in [0, 0.05) is 22.6 Å². The summed E-state index contributed by atoms with van der Waals surface area (Å²) in [5.41, 5.74) is 4.24. The molecule has 0 fully saturated rings. The Morgan fingerprint density at radius 2 is 1.94 bits per heavy atom. The molecule has 0 saturated carbocycles. The summed E-state index contributed by atoms with van der Waals surface area (Å²) in [7, 11) is 0. The van der Waals surface area contributed by atoms with E-state index in [0.717, 1.165) is 19.3 Å². The van der Waals surface area contributed by atoms with Crippen molar-refractivity contribution in [3.05, 3.63) is 23.3 Å². The number of alkyl halides is 1. The topological polar surface area (TPSA) is 25.8 Å². The van der Waals surface area contributed by atoms with E-state index in [-0.39, 0.29) is 5.41 Å². The van der Waals surface area contributed by atoms with Crippen molar-refractivity contribution >= 4 is 15.9 Å². The highest BCUT2D eigenvalue weighted by molar-refractivity contribution is 9.09. The van der Waals surface area contributed by atoms with Crippen LogP contribution in [0.2, 0.25) is 0 Å². The normalized spacial score (nSPS) is 17.6. The third kappa shape index (κ3) is 3.06. The van der Waals surface area contributed by atoms with Crippen LogP contribution >= 0.6 is 15.9 Å². The summed E-state index contributed by atoms with van der Waals surface area (Å²) in [6.07, 6.45) is 7.61. The van der Waals surface area contributed by atoms with Gasteiger partial charge in [0.1, 0.15) is 6.33 Å². The summed E-state index contributed by atoms with van der Waals surface area (Å²) in [4.78, 5) is 9.40. The maximum Gasteiger partial charge on any atom is 0.115 e. The fourth-order valence-corrected chi connectivity index (χ4v) is 2.55. The van der Waals surface area contributed by atoms with E-state index in [1.165, 1.54) is 29.8 Å². The van der Waals surface area contributed by atoms with Crippen molar-refractivity contribution in [1.29, 1.82) is 0 Å². The van der Waals surface area contributed by atoms with Crippen molar-refractivity contribution in [2.45, 2.75) is 57.7 Å². The molecule has 1 aliphatic rings. The van der Waals surface area contributed by atoms with Gasteiger partial charge in [0.2, 0.25) is 0 Å². The molecule has 1 aliphatic carbocycles. The van der Waals surface area contributed by atoms with Gasteiger partial charge in [-0.25, -0.2) is 9.97 Å². The van der Waals surface area contributed by atoms with Gasteiger partial charge in [0.05, 0.1) is 0 Å². The van der Waals surface area contributed by atoms with Gasteiger partial charge in [0.15, 0.2) is 0 Å². The zero-order valence-corrected chi connectivity index (χ0v) is 12.5. The molecule has 1 aromatic heterocycles. The Morgan fingerprint density at radius 1 is 1.24 bits per heavy atom. The Balaban J connectivity index is 2.22. The minimum atomic E-state index is 0.270. The Hall–Kier alpha value is -0.440. The Labute approximate surface area is 112 Å². The van der Waals surface area contributed by atoms with Gasteiger partial charge in [0.25, 0.3) is 0 Å². The van der Waals surface area contributed by atoms with Crippen LogP contribution in [0, 0.1) is 5.41 Å². The predicted molar refractivity (Wildman–Crippen MR) is 74.5 cm³/mol. The van der Waals surface area contributed by atoms with Gasteiger partial charge in [-0.15, -0.1) is 0 Å². The Morgan fingerprint density at radius 3 is 2.65 bits per heavy atom. The lowest BCUT2D eigenvalue weighted by molar-refractivity contribution is 0.395. The van der Waals surface area contributed by atoms with Crippen LogP contribution in [0.3, 0.4) is 0 Å². The molecule has 0 N–H and O–H groups in total. The van der Waals surface area contributed by atoms with Crippen LogP contribution in [-0.2, 0) is 19.3 Å². The van der Waals surface area contributed by atoms with Crippen molar-refractivity contribution in [2.24, 2.45) is 5.41 Å². The molecule has 0 bridgehead atoms. The SMILES string of the molecule is CC(C)(C)C(Br)Cc1ncnc2c1CCCC2. The van der Waals surface area contributed by atoms with Crippen molar-refractivity contribution < 1.29 is 0 Å². The lowest BCUT2D eigenvalue weighted by atomic mass is 9.87. The molecule has 3 heteroatoms. The highest BCUT2D eigenvalue weighted by Crippen LogP contribution is 2.30. The van der Waals surface area contributed by atoms with Gasteiger partial charge in [-0.05, 0) is 36.7 Å². The molecular weight excluding hydrogens is 276 g/mol. The molecule has 2 nitrogen and oxygen atoms in total. The number of nitrogens with zero attached hydrogens (tertiary/aromatic N) is 2. The van der Waals surface area contributed by atoms with E-state index in [9.17, 15) is 0 Å². The maximum atomic E-state index is 4.50. The van der Waals surface area contributed by atoms with Crippen molar-refractivity contribution in [1.82, 2.24) is 9.97 Å². The summed E-state index contributed by atoms with van der Waals surface area (Å²) >= 11 is 3.80. The standard InChI is InChI=1S/C14H21BrN2/c1-14(2,3)13(15)8-12-10-6-4-5-7-11(10)16-9-17-12/h9,13H,4-8H2,1-3H3. The van der Waals surface area contributed by atoms with Crippen LogP contribution in [0.5, 0.6) is 0 Å². The average molecular weight is 297 g/mol. The highest BCUT2D eigenvalue weighted by Gasteiger charge is 2.25. The molecule has 94 valence electrons.